The third-order valence-corrected chi connectivity index (χ3v) is 3.55. The number of hydrogen-bond acceptors (Lipinski definition) is 5. The van der Waals surface area contributed by atoms with Gasteiger partial charge in [0.2, 0.25) is 0 Å². The molecule has 2 rings (SSSR count). The molecule has 0 atom stereocenters. The van der Waals surface area contributed by atoms with Crippen LogP contribution in [0.3, 0.4) is 0 Å². The smallest absolute Gasteiger partial charge is 0.295 e. The number of anilines is 1. The second kappa shape index (κ2) is 6.04. The molecule has 0 spiro atoms. The lowest BCUT2D eigenvalue weighted by atomic mass is 10.0. The molecule has 0 saturated carbocycles. The Labute approximate surface area is 116 Å². The van der Waals surface area contributed by atoms with Crippen LogP contribution in [0, 0.1) is 15.9 Å². The molecule has 0 amide bonds. The van der Waals surface area contributed by atoms with Crippen molar-refractivity contribution in [1.82, 2.24) is 4.90 Å². The molecule has 1 saturated heterocycles. The Bertz CT molecular complexity index is 502. The van der Waals surface area contributed by atoms with Gasteiger partial charge in [-0.2, -0.15) is 0 Å². The predicted molar refractivity (Wildman–Crippen MR) is 73.7 cm³/mol. The number of methoxy groups -OCH3 is 1. The van der Waals surface area contributed by atoms with Crippen LogP contribution in [0.1, 0.15) is 12.8 Å². The fraction of sp³-hybridized carbons (Fsp3) is 0.538. The number of rotatable bonds is 4. The molecule has 0 aliphatic carbocycles. The number of likely N-dealkylation sites (tertiary alicyclic amines) is 1. The van der Waals surface area contributed by atoms with Crippen LogP contribution < -0.4 is 10.1 Å². The summed E-state index contributed by atoms with van der Waals surface area (Å²) in [4.78, 5) is 12.6. The first-order chi connectivity index (χ1) is 9.51. The molecular formula is C13H18FN3O3. The maximum absolute atomic E-state index is 13.6. The number of nitrogens with zero attached hydrogens (tertiary/aromatic N) is 2. The van der Waals surface area contributed by atoms with Crippen LogP contribution in [0.25, 0.3) is 0 Å². The zero-order valence-electron chi connectivity index (χ0n) is 11.6. The number of halogens is 1. The number of benzene rings is 1. The van der Waals surface area contributed by atoms with E-state index in [1.54, 1.807) is 0 Å². The average molecular weight is 283 g/mol. The van der Waals surface area contributed by atoms with Crippen LogP contribution >= 0.6 is 0 Å². The molecule has 0 aromatic heterocycles. The summed E-state index contributed by atoms with van der Waals surface area (Å²) in [5.74, 6) is -0.723. The van der Waals surface area contributed by atoms with E-state index in [0.29, 0.717) is 5.69 Å². The first-order valence-electron chi connectivity index (χ1n) is 6.48. The van der Waals surface area contributed by atoms with E-state index in [-0.39, 0.29) is 17.5 Å². The summed E-state index contributed by atoms with van der Waals surface area (Å²) < 4.78 is 18.4. The average Bonchev–Trinajstić information content (AvgIpc) is 2.42. The Morgan fingerprint density at radius 2 is 2.10 bits per heavy atom. The van der Waals surface area contributed by atoms with E-state index < -0.39 is 10.7 Å². The maximum atomic E-state index is 13.6. The molecule has 0 bridgehead atoms. The third-order valence-electron chi connectivity index (χ3n) is 3.55. The molecule has 20 heavy (non-hydrogen) atoms. The minimum absolute atomic E-state index is 0.00558. The Morgan fingerprint density at radius 1 is 1.45 bits per heavy atom. The largest absolute Gasteiger partial charge is 0.494 e. The molecule has 1 aliphatic heterocycles. The SMILES string of the molecule is COc1cc(NC2CCN(C)CC2)c([N+](=O)[O-])cc1F. The van der Waals surface area contributed by atoms with Gasteiger partial charge in [0.05, 0.1) is 18.1 Å². The quantitative estimate of drug-likeness (QED) is 0.678. The van der Waals surface area contributed by atoms with E-state index in [4.69, 9.17) is 4.74 Å². The lowest BCUT2D eigenvalue weighted by Gasteiger charge is -2.30. The molecule has 1 aromatic carbocycles. The summed E-state index contributed by atoms with van der Waals surface area (Å²) in [6, 6.07) is 2.40. The van der Waals surface area contributed by atoms with E-state index in [1.165, 1.54) is 13.2 Å². The van der Waals surface area contributed by atoms with E-state index in [9.17, 15) is 14.5 Å². The standard InChI is InChI=1S/C13H18FN3O3/c1-16-5-3-9(4-6-16)15-11-8-13(20-2)10(14)7-12(11)17(18)19/h7-9,15H,3-6H2,1-2H3. The third kappa shape index (κ3) is 3.16. The number of nitro groups is 1. The van der Waals surface area contributed by atoms with Gasteiger partial charge in [-0.3, -0.25) is 10.1 Å². The topological polar surface area (TPSA) is 67.6 Å². The number of nitrogens with one attached hydrogen (secondary N) is 1. The number of piperidine rings is 1. The van der Waals surface area contributed by atoms with E-state index >= 15 is 0 Å². The fourth-order valence-electron chi connectivity index (χ4n) is 2.34. The van der Waals surface area contributed by atoms with E-state index in [0.717, 1.165) is 32.0 Å². The van der Waals surface area contributed by atoms with E-state index in [2.05, 4.69) is 10.2 Å². The summed E-state index contributed by atoms with van der Waals surface area (Å²) in [6.07, 6.45) is 1.79. The maximum Gasteiger partial charge on any atom is 0.295 e. The van der Waals surface area contributed by atoms with Crippen molar-refractivity contribution in [3.63, 3.8) is 0 Å². The van der Waals surface area contributed by atoms with Gasteiger partial charge in [-0.15, -0.1) is 0 Å². The molecule has 7 heteroatoms. The van der Waals surface area contributed by atoms with Crippen LogP contribution in [-0.4, -0.2) is 43.1 Å². The molecule has 1 aliphatic rings. The molecule has 6 nitrogen and oxygen atoms in total. The lowest BCUT2D eigenvalue weighted by Crippen LogP contribution is -2.36. The molecular weight excluding hydrogens is 265 g/mol. The van der Waals surface area contributed by atoms with Crippen molar-refractivity contribution in [1.29, 1.82) is 0 Å². The van der Waals surface area contributed by atoms with Gasteiger partial charge in [-0.1, -0.05) is 0 Å². The first-order valence-corrected chi connectivity index (χ1v) is 6.48. The lowest BCUT2D eigenvalue weighted by molar-refractivity contribution is -0.384. The van der Waals surface area contributed by atoms with Gasteiger partial charge >= 0.3 is 0 Å². The highest BCUT2D eigenvalue weighted by Gasteiger charge is 2.23. The summed E-state index contributed by atoms with van der Waals surface area (Å²) in [7, 11) is 3.38. The van der Waals surface area contributed by atoms with Crippen molar-refractivity contribution in [3.05, 3.63) is 28.1 Å². The summed E-state index contributed by atoms with van der Waals surface area (Å²) in [5.41, 5.74) is 0.0463. The second-order valence-corrected chi connectivity index (χ2v) is 4.98. The molecule has 1 fully saturated rings. The van der Waals surface area contributed by atoms with Gasteiger partial charge in [-0.05, 0) is 33.0 Å². The molecule has 0 unspecified atom stereocenters. The van der Waals surface area contributed by atoms with Crippen molar-refractivity contribution in [2.75, 3.05) is 32.6 Å². The highest BCUT2D eigenvalue weighted by Crippen LogP contribution is 2.33. The van der Waals surface area contributed by atoms with Crippen molar-refractivity contribution in [3.8, 4) is 5.75 Å². The summed E-state index contributed by atoms with van der Waals surface area (Å²) in [6.45, 7) is 1.87. The Morgan fingerprint density at radius 3 is 2.65 bits per heavy atom. The van der Waals surface area contributed by atoms with Gasteiger partial charge in [0.25, 0.3) is 5.69 Å². The number of ether oxygens (including phenoxy) is 1. The second-order valence-electron chi connectivity index (χ2n) is 4.98. The van der Waals surface area contributed by atoms with Crippen LogP contribution in [0.5, 0.6) is 5.75 Å². The highest BCUT2D eigenvalue weighted by molar-refractivity contribution is 5.65. The van der Waals surface area contributed by atoms with Gasteiger partial charge in [0.1, 0.15) is 5.69 Å². The van der Waals surface area contributed by atoms with Crippen molar-refractivity contribution < 1.29 is 14.1 Å². The Hall–Kier alpha value is -1.89. The van der Waals surface area contributed by atoms with Crippen molar-refractivity contribution >= 4 is 11.4 Å². The number of hydrogen-bond donors (Lipinski definition) is 1. The van der Waals surface area contributed by atoms with Gasteiger partial charge in [0.15, 0.2) is 11.6 Å². The minimum Gasteiger partial charge on any atom is -0.494 e. The van der Waals surface area contributed by atoms with Crippen LogP contribution in [0.15, 0.2) is 12.1 Å². The monoisotopic (exact) mass is 283 g/mol. The normalized spacial score (nSPS) is 16.9. The molecule has 1 heterocycles. The summed E-state index contributed by atoms with van der Waals surface area (Å²) >= 11 is 0. The van der Waals surface area contributed by atoms with Crippen LogP contribution in [0.2, 0.25) is 0 Å². The highest BCUT2D eigenvalue weighted by atomic mass is 19.1. The minimum atomic E-state index is -0.729. The Balaban J connectivity index is 2.22. The van der Waals surface area contributed by atoms with Gasteiger partial charge in [0, 0.05) is 12.1 Å². The fourth-order valence-corrected chi connectivity index (χ4v) is 2.34. The number of nitro benzene ring substituents is 1. The zero-order chi connectivity index (χ0) is 14.7. The first kappa shape index (κ1) is 14.5. The van der Waals surface area contributed by atoms with Crippen LogP contribution in [0.4, 0.5) is 15.8 Å². The molecule has 1 N–H and O–H groups in total. The molecule has 110 valence electrons. The Kier molecular flexibility index (Phi) is 4.39. The molecule has 1 aromatic rings. The van der Waals surface area contributed by atoms with E-state index in [1.807, 2.05) is 7.05 Å². The van der Waals surface area contributed by atoms with Crippen LogP contribution in [-0.2, 0) is 0 Å². The van der Waals surface area contributed by atoms with Crippen molar-refractivity contribution in [2.24, 2.45) is 0 Å². The van der Waals surface area contributed by atoms with Crippen molar-refractivity contribution in [2.45, 2.75) is 18.9 Å². The molecule has 0 radical (unpaired) electrons. The van der Waals surface area contributed by atoms with Gasteiger partial charge < -0.3 is 15.0 Å². The zero-order valence-corrected chi connectivity index (χ0v) is 11.6. The summed E-state index contributed by atoms with van der Waals surface area (Å²) in [5, 5.41) is 14.2. The van der Waals surface area contributed by atoms with Gasteiger partial charge in [-0.25, -0.2) is 4.39 Å². The predicted octanol–water partition coefficient (Wildman–Crippen LogP) is 2.25.